The van der Waals surface area contributed by atoms with Crippen molar-refractivity contribution in [1.29, 1.82) is 0 Å². The lowest BCUT2D eigenvalue weighted by molar-refractivity contribution is -0.156. The molecule has 4 N–H and O–H groups in total. The Bertz CT molecular complexity index is 863. The van der Waals surface area contributed by atoms with Crippen molar-refractivity contribution in [3.05, 3.63) is 59.7 Å². The number of carboxylic acid groups (broad SMARTS) is 2. The monoisotopic (exact) mass is 383 g/mol. The third-order valence-corrected chi connectivity index (χ3v) is 7.15. The Balaban J connectivity index is 1.70. The summed E-state index contributed by atoms with van der Waals surface area (Å²) in [5, 5.41) is 19.1. The number of rotatable bonds is 5. The van der Waals surface area contributed by atoms with Crippen molar-refractivity contribution in [3.8, 4) is 0 Å². The van der Waals surface area contributed by atoms with Gasteiger partial charge in [-0.05, 0) is 48.4 Å². The van der Waals surface area contributed by atoms with Gasteiger partial charge in [-0.15, -0.1) is 0 Å². The fourth-order valence-corrected chi connectivity index (χ4v) is 5.42. The fourth-order valence-electron chi connectivity index (χ4n) is 4.24. The summed E-state index contributed by atoms with van der Waals surface area (Å²) in [6.45, 7) is 0. The molecule has 0 radical (unpaired) electrons. The molecule has 1 aliphatic carbocycles. The molecule has 140 valence electrons. The second kappa shape index (κ2) is 6.69. The van der Waals surface area contributed by atoms with Gasteiger partial charge in [-0.3, -0.25) is 9.59 Å². The standard InChI is InChI=1S/C21H21NO4S/c22-21(20(25)26,13-9-12(10-13)19(23)24)11-16-14-5-1-3-7-17(14)27-18-8-4-2-6-15(16)18/h1-8,12-13,16H,9-11,22H2,(H,23,24)(H,25,26)/t12?,13?,21-/m1/s1. The number of hydrogen-bond acceptors (Lipinski definition) is 4. The van der Waals surface area contributed by atoms with Crippen molar-refractivity contribution in [3.63, 3.8) is 0 Å². The molecule has 5 nitrogen and oxygen atoms in total. The lowest BCUT2D eigenvalue weighted by Crippen LogP contribution is -2.59. The molecule has 0 spiro atoms. The van der Waals surface area contributed by atoms with Crippen molar-refractivity contribution in [1.82, 2.24) is 0 Å². The summed E-state index contributed by atoms with van der Waals surface area (Å²) in [6, 6.07) is 16.0. The van der Waals surface area contributed by atoms with Gasteiger partial charge in [0.25, 0.3) is 0 Å². The van der Waals surface area contributed by atoms with Crippen LogP contribution in [-0.4, -0.2) is 27.7 Å². The van der Waals surface area contributed by atoms with E-state index >= 15 is 0 Å². The van der Waals surface area contributed by atoms with Crippen LogP contribution in [0.2, 0.25) is 0 Å². The number of carbonyl (C=O) groups is 2. The minimum absolute atomic E-state index is 0.122. The van der Waals surface area contributed by atoms with Crippen molar-refractivity contribution in [2.75, 3.05) is 0 Å². The van der Waals surface area contributed by atoms with Crippen LogP contribution in [0.15, 0.2) is 58.3 Å². The summed E-state index contributed by atoms with van der Waals surface area (Å²) in [4.78, 5) is 25.5. The first-order chi connectivity index (χ1) is 12.9. The fraction of sp³-hybridized carbons (Fsp3) is 0.333. The van der Waals surface area contributed by atoms with Crippen LogP contribution < -0.4 is 5.73 Å². The van der Waals surface area contributed by atoms with Crippen LogP contribution >= 0.6 is 11.8 Å². The molecule has 1 saturated carbocycles. The number of hydrogen-bond donors (Lipinski definition) is 3. The molecule has 27 heavy (non-hydrogen) atoms. The number of fused-ring (bicyclic) bond motifs is 2. The SMILES string of the molecule is N[C@@](CC1c2ccccc2Sc2ccccc21)(C(=O)O)C1CC(C(=O)O)C1. The van der Waals surface area contributed by atoms with Gasteiger partial charge < -0.3 is 15.9 Å². The Morgan fingerprint density at radius 3 is 2.00 bits per heavy atom. The van der Waals surface area contributed by atoms with Gasteiger partial charge in [-0.1, -0.05) is 48.2 Å². The van der Waals surface area contributed by atoms with E-state index in [-0.39, 0.29) is 18.3 Å². The van der Waals surface area contributed by atoms with Gasteiger partial charge in [-0.25, -0.2) is 0 Å². The number of carboxylic acids is 2. The Morgan fingerprint density at radius 2 is 1.52 bits per heavy atom. The first-order valence-corrected chi connectivity index (χ1v) is 9.82. The quantitative estimate of drug-likeness (QED) is 0.730. The molecular weight excluding hydrogens is 362 g/mol. The third-order valence-electron chi connectivity index (χ3n) is 5.96. The Labute approximate surface area is 161 Å². The molecule has 1 aliphatic heterocycles. The van der Waals surface area contributed by atoms with E-state index in [2.05, 4.69) is 0 Å². The summed E-state index contributed by atoms with van der Waals surface area (Å²) in [7, 11) is 0. The predicted octanol–water partition coefficient (Wildman–Crippen LogP) is 3.57. The zero-order chi connectivity index (χ0) is 19.2. The molecular formula is C21H21NO4S. The zero-order valence-corrected chi connectivity index (χ0v) is 15.5. The normalized spacial score (nSPS) is 23.4. The number of nitrogens with two attached hydrogens (primary N) is 1. The smallest absolute Gasteiger partial charge is 0.323 e. The highest BCUT2D eigenvalue weighted by Crippen LogP contribution is 2.51. The van der Waals surface area contributed by atoms with Crippen molar-refractivity contribution < 1.29 is 19.8 Å². The molecule has 1 heterocycles. The van der Waals surface area contributed by atoms with Gasteiger partial charge in [0.1, 0.15) is 5.54 Å². The Kier molecular flexibility index (Phi) is 4.48. The predicted molar refractivity (Wildman–Crippen MR) is 102 cm³/mol. The highest BCUT2D eigenvalue weighted by atomic mass is 32.2. The second-order valence-electron chi connectivity index (χ2n) is 7.48. The van der Waals surface area contributed by atoms with E-state index in [0.29, 0.717) is 12.8 Å². The summed E-state index contributed by atoms with van der Waals surface area (Å²) >= 11 is 1.69. The van der Waals surface area contributed by atoms with E-state index in [1.807, 2.05) is 48.5 Å². The van der Waals surface area contributed by atoms with Gasteiger partial charge >= 0.3 is 11.9 Å². The maximum Gasteiger partial charge on any atom is 0.323 e. The van der Waals surface area contributed by atoms with E-state index in [0.717, 1.165) is 20.9 Å². The van der Waals surface area contributed by atoms with Crippen LogP contribution in [0.25, 0.3) is 0 Å². The molecule has 1 fully saturated rings. The molecule has 0 saturated heterocycles. The van der Waals surface area contributed by atoms with Crippen molar-refractivity contribution in [2.45, 2.75) is 40.5 Å². The van der Waals surface area contributed by atoms with Crippen molar-refractivity contribution >= 4 is 23.7 Å². The second-order valence-corrected chi connectivity index (χ2v) is 8.57. The van der Waals surface area contributed by atoms with Crippen LogP contribution in [0.4, 0.5) is 0 Å². The molecule has 0 bridgehead atoms. The van der Waals surface area contributed by atoms with E-state index in [4.69, 9.17) is 10.8 Å². The maximum atomic E-state index is 12.2. The van der Waals surface area contributed by atoms with Gasteiger partial charge in [0.05, 0.1) is 5.92 Å². The Morgan fingerprint density at radius 1 is 1.00 bits per heavy atom. The van der Waals surface area contributed by atoms with Crippen LogP contribution in [0.3, 0.4) is 0 Å². The molecule has 2 aliphatic rings. The van der Waals surface area contributed by atoms with Crippen LogP contribution in [0.1, 0.15) is 36.3 Å². The van der Waals surface area contributed by atoms with Crippen molar-refractivity contribution in [2.24, 2.45) is 17.6 Å². The molecule has 1 atom stereocenters. The van der Waals surface area contributed by atoms with E-state index in [1.54, 1.807) is 11.8 Å². The third kappa shape index (κ3) is 3.03. The Hall–Kier alpha value is -2.31. The highest BCUT2D eigenvalue weighted by Gasteiger charge is 2.52. The van der Waals surface area contributed by atoms with Gasteiger partial charge in [0.2, 0.25) is 0 Å². The topological polar surface area (TPSA) is 101 Å². The highest BCUT2D eigenvalue weighted by molar-refractivity contribution is 7.99. The summed E-state index contributed by atoms with van der Waals surface area (Å²) in [6.07, 6.45) is 0.902. The lowest BCUT2D eigenvalue weighted by Gasteiger charge is -2.45. The average molecular weight is 383 g/mol. The summed E-state index contributed by atoms with van der Waals surface area (Å²) in [5.74, 6) is -2.86. The maximum absolute atomic E-state index is 12.2. The number of aliphatic carboxylic acids is 2. The van der Waals surface area contributed by atoms with Crippen LogP contribution in [0, 0.1) is 11.8 Å². The van der Waals surface area contributed by atoms with E-state index < -0.39 is 23.4 Å². The van der Waals surface area contributed by atoms with E-state index in [1.165, 1.54) is 0 Å². The molecule has 0 unspecified atom stereocenters. The zero-order valence-electron chi connectivity index (χ0n) is 14.7. The van der Waals surface area contributed by atoms with Crippen LogP contribution in [0.5, 0.6) is 0 Å². The van der Waals surface area contributed by atoms with Crippen LogP contribution in [-0.2, 0) is 9.59 Å². The number of benzene rings is 2. The molecule has 6 heteroatoms. The van der Waals surface area contributed by atoms with Gasteiger partial charge in [0, 0.05) is 15.7 Å². The minimum atomic E-state index is -1.45. The van der Waals surface area contributed by atoms with Gasteiger partial charge in [-0.2, -0.15) is 0 Å². The molecule has 0 aromatic heterocycles. The summed E-state index contributed by atoms with van der Waals surface area (Å²) in [5.41, 5.74) is 7.19. The molecule has 2 aromatic carbocycles. The minimum Gasteiger partial charge on any atom is -0.481 e. The largest absolute Gasteiger partial charge is 0.481 e. The summed E-state index contributed by atoms with van der Waals surface area (Å²) < 4.78 is 0. The lowest BCUT2D eigenvalue weighted by atomic mass is 9.62. The van der Waals surface area contributed by atoms with Gasteiger partial charge in [0.15, 0.2) is 0 Å². The first kappa shape index (κ1) is 18.1. The molecule has 4 rings (SSSR count). The first-order valence-electron chi connectivity index (χ1n) is 9.01. The average Bonchev–Trinajstić information content (AvgIpc) is 2.59. The molecule has 0 amide bonds. The van der Waals surface area contributed by atoms with E-state index in [9.17, 15) is 14.7 Å². The molecule has 2 aromatic rings.